The maximum absolute atomic E-state index is 13.8. The predicted molar refractivity (Wildman–Crippen MR) is 71.0 cm³/mol. The standard InChI is InChI=1S/C15H22F4O3/c1-13(2,3)22-12(20)21-11-7-8-5-9(11)6-10(8)15(18,19)14(4,16)17/h8-11H,5-7H2,1-4H3. The van der Waals surface area contributed by atoms with E-state index in [0.717, 1.165) is 0 Å². The van der Waals surface area contributed by atoms with Crippen molar-refractivity contribution in [2.45, 2.75) is 70.5 Å². The molecule has 0 saturated heterocycles. The molecule has 2 aliphatic carbocycles. The van der Waals surface area contributed by atoms with Crippen LogP contribution in [-0.4, -0.2) is 29.7 Å². The first-order valence-electron chi connectivity index (χ1n) is 7.46. The van der Waals surface area contributed by atoms with Gasteiger partial charge in [0.15, 0.2) is 0 Å². The van der Waals surface area contributed by atoms with E-state index in [1.807, 2.05) is 0 Å². The lowest BCUT2D eigenvalue weighted by Gasteiger charge is -2.35. The Bertz CT molecular complexity index is 439. The molecular weight excluding hydrogens is 304 g/mol. The summed E-state index contributed by atoms with van der Waals surface area (Å²) in [5, 5.41) is 0. The molecular formula is C15H22F4O3. The van der Waals surface area contributed by atoms with E-state index in [1.165, 1.54) is 0 Å². The van der Waals surface area contributed by atoms with E-state index in [1.54, 1.807) is 20.8 Å². The molecule has 7 heteroatoms. The second kappa shape index (κ2) is 5.27. The number of ether oxygens (including phenoxy) is 2. The van der Waals surface area contributed by atoms with Gasteiger partial charge in [-0.15, -0.1) is 0 Å². The van der Waals surface area contributed by atoms with Crippen LogP contribution in [0.1, 0.15) is 47.0 Å². The Kier molecular flexibility index (Phi) is 4.15. The fourth-order valence-electron chi connectivity index (χ4n) is 3.53. The summed E-state index contributed by atoms with van der Waals surface area (Å²) >= 11 is 0. The molecule has 0 heterocycles. The number of halogens is 4. The molecule has 2 aliphatic rings. The lowest BCUT2D eigenvalue weighted by Crippen LogP contribution is -2.47. The van der Waals surface area contributed by atoms with E-state index in [0.29, 0.717) is 6.42 Å². The van der Waals surface area contributed by atoms with Crippen molar-refractivity contribution in [1.29, 1.82) is 0 Å². The first kappa shape index (κ1) is 17.3. The zero-order valence-corrected chi connectivity index (χ0v) is 13.2. The molecule has 2 rings (SSSR count). The molecule has 0 radical (unpaired) electrons. The van der Waals surface area contributed by atoms with Crippen LogP contribution in [-0.2, 0) is 9.47 Å². The Labute approximate surface area is 127 Å². The summed E-state index contributed by atoms with van der Waals surface area (Å²) in [6.45, 7) is 5.33. The third-order valence-corrected chi connectivity index (χ3v) is 4.48. The lowest BCUT2D eigenvalue weighted by molar-refractivity contribution is -0.236. The molecule has 4 atom stereocenters. The Morgan fingerprint density at radius 1 is 0.955 bits per heavy atom. The molecule has 2 bridgehead atoms. The maximum Gasteiger partial charge on any atom is 0.509 e. The van der Waals surface area contributed by atoms with Gasteiger partial charge >= 0.3 is 18.0 Å². The first-order valence-corrected chi connectivity index (χ1v) is 7.46. The van der Waals surface area contributed by atoms with Gasteiger partial charge < -0.3 is 9.47 Å². The topological polar surface area (TPSA) is 35.5 Å². The van der Waals surface area contributed by atoms with Gasteiger partial charge in [0.25, 0.3) is 0 Å². The summed E-state index contributed by atoms with van der Waals surface area (Å²) in [6.07, 6.45) is -0.815. The van der Waals surface area contributed by atoms with Gasteiger partial charge in [-0.3, -0.25) is 0 Å². The van der Waals surface area contributed by atoms with Crippen LogP contribution in [0.25, 0.3) is 0 Å². The fourth-order valence-corrected chi connectivity index (χ4v) is 3.53. The summed E-state index contributed by atoms with van der Waals surface area (Å²) in [5.41, 5.74) is -0.700. The zero-order valence-electron chi connectivity index (χ0n) is 13.2. The smallest absolute Gasteiger partial charge is 0.431 e. The van der Waals surface area contributed by atoms with Crippen LogP contribution in [0, 0.1) is 17.8 Å². The summed E-state index contributed by atoms with van der Waals surface area (Å²) in [4.78, 5) is 11.6. The van der Waals surface area contributed by atoms with Crippen molar-refractivity contribution >= 4 is 6.16 Å². The normalized spacial score (nSPS) is 32.2. The van der Waals surface area contributed by atoms with Crippen molar-refractivity contribution in [2.75, 3.05) is 0 Å². The number of hydrogen-bond acceptors (Lipinski definition) is 3. The molecule has 0 aromatic carbocycles. The van der Waals surface area contributed by atoms with E-state index in [-0.39, 0.29) is 25.7 Å². The van der Waals surface area contributed by atoms with E-state index in [2.05, 4.69) is 0 Å². The van der Waals surface area contributed by atoms with Crippen molar-refractivity contribution < 1.29 is 31.8 Å². The summed E-state index contributed by atoms with van der Waals surface area (Å²) in [5.74, 6) is -10.3. The number of carbonyl (C=O) groups is 1. The molecule has 0 spiro atoms. The molecule has 0 aromatic heterocycles. The lowest BCUT2D eigenvalue weighted by atomic mass is 9.81. The number of hydrogen-bond donors (Lipinski definition) is 0. The van der Waals surface area contributed by atoms with Crippen molar-refractivity contribution in [1.82, 2.24) is 0 Å². The second-order valence-electron chi connectivity index (χ2n) is 7.47. The minimum Gasteiger partial charge on any atom is -0.431 e. The van der Waals surface area contributed by atoms with Crippen LogP contribution in [0.5, 0.6) is 0 Å². The van der Waals surface area contributed by atoms with Crippen molar-refractivity contribution in [3.8, 4) is 0 Å². The van der Waals surface area contributed by atoms with Gasteiger partial charge in [-0.1, -0.05) is 0 Å². The van der Waals surface area contributed by atoms with E-state index < -0.39 is 41.5 Å². The van der Waals surface area contributed by atoms with Crippen LogP contribution in [0.4, 0.5) is 22.4 Å². The van der Waals surface area contributed by atoms with Gasteiger partial charge in [-0.25, -0.2) is 13.6 Å². The van der Waals surface area contributed by atoms with Gasteiger partial charge in [-0.05, 0) is 51.9 Å². The maximum atomic E-state index is 13.8. The molecule has 0 N–H and O–H groups in total. The molecule has 0 aromatic rings. The third kappa shape index (κ3) is 3.33. The highest BCUT2D eigenvalue weighted by Gasteiger charge is 2.64. The highest BCUT2D eigenvalue weighted by atomic mass is 19.3. The SMILES string of the molecule is CC(C)(C)OC(=O)OC1CC2CC1CC2C(F)(F)C(C)(F)F. The summed E-state index contributed by atoms with van der Waals surface area (Å²) in [6, 6.07) is 0. The highest BCUT2D eigenvalue weighted by Crippen LogP contribution is 2.57. The number of alkyl halides is 4. The van der Waals surface area contributed by atoms with Gasteiger partial charge in [0, 0.05) is 12.8 Å². The van der Waals surface area contributed by atoms with Crippen molar-refractivity contribution in [3.63, 3.8) is 0 Å². The van der Waals surface area contributed by atoms with Crippen LogP contribution < -0.4 is 0 Å². The molecule has 22 heavy (non-hydrogen) atoms. The van der Waals surface area contributed by atoms with E-state index in [4.69, 9.17) is 9.47 Å². The Balaban J connectivity index is 1.94. The van der Waals surface area contributed by atoms with Crippen LogP contribution in [0.3, 0.4) is 0 Å². The average molecular weight is 326 g/mol. The van der Waals surface area contributed by atoms with Crippen LogP contribution in [0.15, 0.2) is 0 Å². The largest absolute Gasteiger partial charge is 0.509 e. The van der Waals surface area contributed by atoms with Gasteiger partial charge in [0.05, 0.1) is 0 Å². The highest BCUT2D eigenvalue weighted by molar-refractivity contribution is 5.60. The Morgan fingerprint density at radius 2 is 1.55 bits per heavy atom. The average Bonchev–Trinajstić information content (AvgIpc) is 2.83. The first-order chi connectivity index (χ1) is 9.81. The quantitative estimate of drug-likeness (QED) is 0.560. The van der Waals surface area contributed by atoms with E-state index in [9.17, 15) is 22.4 Å². The van der Waals surface area contributed by atoms with Gasteiger partial charge in [0.2, 0.25) is 0 Å². The molecule has 128 valence electrons. The van der Waals surface area contributed by atoms with E-state index >= 15 is 0 Å². The molecule has 0 aliphatic heterocycles. The van der Waals surface area contributed by atoms with Gasteiger partial charge in [-0.2, -0.15) is 8.78 Å². The zero-order chi connectivity index (χ0) is 16.9. The van der Waals surface area contributed by atoms with Crippen molar-refractivity contribution in [3.05, 3.63) is 0 Å². The third-order valence-electron chi connectivity index (χ3n) is 4.48. The number of fused-ring (bicyclic) bond motifs is 2. The number of carbonyl (C=O) groups excluding carboxylic acids is 1. The fraction of sp³-hybridized carbons (Fsp3) is 0.933. The van der Waals surface area contributed by atoms with Gasteiger partial charge in [0.1, 0.15) is 11.7 Å². The van der Waals surface area contributed by atoms with Crippen LogP contribution in [0.2, 0.25) is 0 Å². The molecule has 3 nitrogen and oxygen atoms in total. The van der Waals surface area contributed by atoms with Crippen LogP contribution >= 0.6 is 0 Å². The molecule has 0 amide bonds. The predicted octanol–water partition coefficient (Wildman–Crippen LogP) is 4.64. The minimum atomic E-state index is -4.04. The van der Waals surface area contributed by atoms with Crippen molar-refractivity contribution in [2.24, 2.45) is 17.8 Å². The Hall–Kier alpha value is -1.01. The molecule has 2 fully saturated rings. The second-order valence-corrected chi connectivity index (χ2v) is 7.47. The summed E-state index contributed by atoms with van der Waals surface area (Å²) in [7, 11) is 0. The number of rotatable bonds is 3. The Morgan fingerprint density at radius 3 is 1.95 bits per heavy atom. The molecule has 2 saturated carbocycles. The molecule has 4 unspecified atom stereocenters. The monoisotopic (exact) mass is 326 g/mol. The minimum absolute atomic E-state index is 0.0471. The summed E-state index contributed by atoms with van der Waals surface area (Å²) < 4.78 is 64.1.